The first-order valence-electron chi connectivity index (χ1n) is 9.93. The molecule has 0 unspecified atom stereocenters. The van der Waals surface area contributed by atoms with Crippen molar-refractivity contribution in [3.05, 3.63) is 76.2 Å². The summed E-state index contributed by atoms with van der Waals surface area (Å²) in [5, 5.41) is 0.975. The van der Waals surface area contributed by atoms with Gasteiger partial charge in [0.2, 0.25) is 0 Å². The van der Waals surface area contributed by atoms with E-state index in [0.717, 1.165) is 0 Å². The molecule has 1 fully saturated rings. The molecule has 1 saturated carbocycles. The molecule has 1 aromatic heterocycles. The Balaban J connectivity index is 1.81. The van der Waals surface area contributed by atoms with Crippen molar-refractivity contribution < 1.29 is 4.79 Å². The predicted molar refractivity (Wildman–Crippen MR) is 116 cm³/mol. The van der Waals surface area contributed by atoms with Crippen LogP contribution in [-0.4, -0.2) is 16.4 Å². The van der Waals surface area contributed by atoms with E-state index in [1.807, 2.05) is 12.1 Å². The van der Waals surface area contributed by atoms with E-state index in [0.29, 0.717) is 22.4 Å². The molecule has 1 amide bonds. The van der Waals surface area contributed by atoms with E-state index in [2.05, 4.69) is 17.1 Å². The van der Waals surface area contributed by atoms with E-state index < -0.39 is 5.91 Å². The molecular formula is C23H24N4O2. The van der Waals surface area contributed by atoms with Gasteiger partial charge in [-0.3, -0.25) is 14.2 Å². The molecule has 0 saturated heterocycles. The van der Waals surface area contributed by atoms with E-state index in [9.17, 15) is 9.59 Å². The summed E-state index contributed by atoms with van der Waals surface area (Å²) >= 11 is 0. The summed E-state index contributed by atoms with van der Waals surface area (Å²) in [6, 6.07) is 15.0. The van der Waals surface area contributed by atoms with Gasteiger partial charge in [0, 0.05) is 22.7 Å². The fraction of sp³-hybridized carbons (Fsp3) is 0.261. The summed E-state index contributed by atoms with van der Waals surface area (Å²) in [7, 11) is 0. The largest absolute Gasteiger partial charge is 0.370 e. The van der Waals surface area contributed by atoms with Crippen molar-refractivity contribution in [1.82, 2.24) is 4.57 Å². The van der Waals surface area contributed by atoms with Crippen LogP contribution >= 0.6 is 0 Å². The molecule has 3 aromatic rings. The fourth-order valence-corrected chi connectivity index (χ4v) is 4.17. The zero-order valence-electron chi connectivity index (χ0n) is 16.2. The number of nitrogens with two attached hydrogens (primary N) is 2. The number of aliphatic imine (C=N–C) groups is 1. The van der Waals surface area contributed by atoms with Gasteiger partial charge in [-0.15, -0.1) is 0 Å². The number of pyridine rings is 1. The van der Waals surface area contributed by atoms with E-state index in [-0.39, 0.29) is 17.1 Å². The molecule has 1 aliphatic carbocycles. The predicted octanol–water partition coefficient (Wildman–Crippen LogP) is 3.45. The molecule has 0 bridgehead atoms. The fourth-order valence-electron chi connectivity index (χ4n) is 4.17. The highest BCUT2D eigenvalue weighted by atomic mass is 16.1. The lowest BCUT2D eigenvalue weighted by molar-refractivity contribution is 0.100. The molecule has 4 rings (SSSR count). The Morgan fingerprint density at radius 2 is 1.59 bits per heavy atom. The topological polar surface area (TPSA) is 103 Å². The van der Waals surface area contributed by atoms with Crippen molar-refractivity contribution in [2.45, 2.75) is 38.0 Å². The van der Waals surface area contributed by atoms with Gasteiger partial charge in [-0.25, -0.2) is 0 Å². The van der Waals surface area contributed by atoms with Crippen molar-refractivity contribution >= 4 is 22.6 Å². The van der Waals surface area contributed by atoms with E-state index in [1.165, 1.54) is 48.4 Å². The normalized spacial score (nSPS) is 14.6. The maximum Gasteiger partial charge on any atom is 0.282 e. The first kappa shape index (κ1) is 18.9. The Kier molecular flexibility index (Phi) is 5.16. The average Bonchev–Trinajstić information content (AvgIpc) is 2.74. The van der Waals surface area contributed by atoms with Gasteiger partial charge in [-0.2, -0.15) is 4.99 Å². The van der Waals surface area contributed by atoms with Gasteiger partial charge in [0.15, 0.2) is 5.96 Å². The molecule has 6 heteroatoms. The number of benzene rings is 2. The van der Waals surface area contributed by atoms with Gasteiger partial charge in [-0.05, 0) is 42.5 Å². The van der Waals surface area contributed by atoms with Crippen LogP contribution in [0.15, 0.2) is 64.5 Å². The van der Waals surface area contributed by atoms with E-state index >= 15 is 0 Å². The lowest BCUT2D eigenvalue weighted by atomic mass is 9.84. The van der Waals surface area contributed by atoms with Crippen molar-refractivity contribution in [3.8, 4) is 5.69 Å². The molecule has 0 aliphatic heterocycles. The Morgan fingerprint density at radius 1 is 0.931 bits per heavy atom. The Bertz CT molecular complexity index is 1140. The number of aromatic nitrogens is 1. The van der Waals surface area contributed by atoms with Gasteiger partial charge in [0.25, 0.3) is 11.5 Å². The molecule has 29 heavy (non-hydrogen) atoms. The molecule has 2 aromatic carbocycles. The van der Waals surface area contributed by atoms with Crippen LogP contribution in [-0.2, 0) is 0 Å². The molecule has 1 heterocycles. The zero-order valence-corrected chi connectivity index (χ0v) is 16.2. The monoisotopic (exact) mass is 388 g/mol. The number of carbonyl (C=O) groups is 1. The maximum atomic E-state index is 13.1. The third-order valence-electron chi connectivity index (χ3n) is 5.63. The number of guanidine groups is 1. The second-order valence-electron chi connectivity index (χ2n) is 7.53. The molecular weight excluding hydrogens is 364 g/mol. The minimum atomic E-state index is -0.575. The smallest absolute Gasteiger partial charge is 0.282 e. The number of hydrogen-bond acceptors (Lipinski definition) is 2. The summed E-state index contributed by atoms with van der Waals surface area (Å²) in [5.74, 6) is -0.299. The highest BCUT2D eigenvalue weighted by Gasteiger charge is 2.17. The van der Waals surface area contributed by atoms with E-state index in [1.54, 1.807) is 24.3 Å². The number of nitrogens with zero attached hydrogens (tertiary/aromatic N) is 2. The van der Waals surface area contributed by atoms with Gasteiger partial charge in [0.1, 0.15) is 0 Å². The molecule has 1 aliphatic rings. The van der Waals surface area contributed by atoms with Gasteiger partial charge >= 0.3 is 0 Å². The number of hydrogen-bond donors (Lipinski definition) is 2. The minimum absolute atomic E-state index is 0.188. The van der Waals surface area contributed by atoms with Crippen molar-refractivity contribution in [2.75, 3.05) is 0 Å². The summed E-state index contributed by atoms with van der Waals surface area (Å²) < 4.78 is 1.49. The van der Waals surface area contributed by atoms with Crippen LogP contribution in [0.5, 0.6) is 0 Å². The van der Waals surface area contributed by atoms with Crippen LogP contribution in [0.4, 0.5) is 0 Å². The molecule has 0 radical (unpaired) electrons. The van der Waals surface area contributed by atoms with Crippen LogP contribution in [0.2, 0.25) is 0 Å². The molecule has 148 valence electrons. The standard InChI is InChI=1S/C23H24N4O2/c24-23(25)26-21(28)20-14-27(22(29)19-9-5-4-8-18(19)20)17-12-10-16(11-13-17)15-6-2-1-3-7-15/h4-5,8-15H,1-3,6-7H2,(H4,24,25,26,28). The van der Waals surface area contributed by atoms with Crippen molar-refractivity contribution in [1.29, 1.82) is 0 Å². The quantitative estimate of drug-likeness (QED) is 0.530. The van der Waals surface area contributed by atoms with Gasteiger partial charge in [-0.1, -0.05) is 49.6 Å². The first-order valence-corrected chi connectivity index (χ1v) is 9.93. The molecule has 6 nitrogen and oxygen atoms in total. The average molecular weight is 388 g/mol. The number of carbonyl (C=O) groups excluding carboxylic acids is 1. The Labute approximate surface area is 168 Å². The second-order valence-corrected chi connectivity index (χ2v) is 7.53. The minimum Gasteiger partial charge on any atom is -0.370 e. The summed E-state index contributed by atoms with van der Waals surface area (Å²) in [5.41, 5.74) is 12.9. The highest BCUT2D eigenvalue weighted by Crippen LogP contribution is 2.32. The highest BCUT2D eigenvalue weighted by molar-refractivity contribution is 6.10. The zero-order chi connectivity index (χ0) is 20.4. The second kappa shape index (κ2) is 7.91. The lowest BCUT2D eigenvalue weighted by Gasteiger charge is -2.22. The SMILES string of the molecule is NC(N)=NC(=O)c1cn(-c2ccc(C3CCCCC3)cc2)c(=O)c2ccccc12. The Hall–Kier alpha value is -3.41. The van der Waals surface area contributed by atoms with Crippen LogP contribution in [0.1, 0.15) is 53.9 Å². The summed E-state index contributed by atoms with van der Waals surface area (Å²) in [4.78, 5) is 29.3. The molecule has 0 atom stereocenters. The summed E-state index contributed by atoms with van der Waals surface area (Å²) in [6.07, 6.45) is 7.81. The van der Waals surface area contributed by atoms with Gasteiger partial charge < -0.3 is 11.5 Å². The summed E-state index contributed by atoms with van der Waals surface area (Å²) in [6.45, 7) is 0. The van der Waals surface area contributed by atoms with Gasteiger partial charge in [0.05, 0.1) is 5.56 Å². The Morgan fingerprint density at radius 3 is 2.24 bits per heavy atom. The lowest BCUT2D eigenvalue weighted by Crippen LogP contribution is -2.25. The number of fused-ring (bicyclic) bond motifs is 1. The van der Waals surface area contributed by atoms with E-state index in [4.69, 9.17) is 11.5 Å². The van der Waals surface area contributed by atoms with Crippen molar-refractivity contribution in [3.63, 3.8) is 0 Å². The molecule has 4 N–H and O–H groups in total. The van der Waals surface area contributed by atoms with Crippen LogP contribution in [0, 0.1) is 0 Å². The van der Waals surface area contributed by atoms with Crippen LogP contribution in [0.25, 0.3) is 16.5 Å². The third-order valence-corrected chi connectivity index (χ3v) is 5.63. The first-order chi connectivity index (χ1) is 14.0. The molecule has 0 spiro atoms. The maximum absolute atomic E-state index is 13.1. The number of rotatable bonds is 3. The third kappa shape index (κ3) is 3.78. The number of amides is 1. The van der Waals surface area contributed by atoms with Crippen molar-refractivity contribution in [2.24, 2.45) is 16.5 Å². The van der Waals surface area contributed by atoms with Crippen LogP contribution < -0.4 is 17.0 Å². The van der Waals surface area contributed by atoms with Crippen LogP contribution in [0.3, 0.4) is 0 Å².